The van der Waals surface area contributed by atoms with E-state index < -0.39 is 18.5 Å². The number of nitrogens with one attached hydrogen (secondary N) is 1. The fraction of sp³-hybridized carbons (Fsp3) is 0.190. The van der Waals surface area contributed by atoms with Gasteiger partial charge in [0.2, 0.25) is 0 Å². The summed E-state index contributed by atoms with van der Waals surface area (Å²) in [5.41, 5.74) is 0.935. The maximum absolute atomic E-state index is 12.4. The molecule has 0 saturated carbocycles. The lowest BCUT2D eigenvalue weighted by molar-refractivity contribution is -0.139. The summed E-state index contributed by atoms with van der Waals surface area (Å²) in [6.07, 6.45) is 1.41. The maximum Gasteiger partial charge on any atom is 0.341 e. The van der Waals surface area contributed by atoms with Gasteiger partial charge < -0.3 is 24.6 Å². The number of anilines is 1. The lowest BCUT2D eigenvalue weighted by atomic mass is 10.1. The fourth-order valence-electron chi connectivity index (χ4n) is 2.33. The first kappa shape index (κ1) is 21.3. The Balaban J connectivity index is 2.21. The summed E-state index contributed by atoms with van der Waals surface area (Å²) in [7, 11) is 1.54. The second kappa shape index (κ2) is 10.4. The number of nitriles is 1. The molecule has 0 aliphatic carbocycles. The third-order valence-electron chi connectivity index (χ3n) is 3.64. The van der Waals surface area contributed by atoms with Crippen molar-refractivity contribution in [3.05, 3.63) is 53.6 Å². The van der Waals surface area contributed by atoms with Crippen LogP contribution in [0.25, 0.3) is 6.08 Å². The van der Waals surface area contributed by atoms with Crippen LogP contribution in [0.5, 0.6) is 17.2 Å². The minimum absolute atomic E-state index is 0.109. The van der Waals surface area contributed by atoms with E-state index in [9.17, 15) is 14.9 Å². The van der Waals surface area contributed by atoms with Crippen LogP contribution in [-0.4, -0.2) is 37.3 Å². The van der Waals surface area contributed by atoms with Crippen LogP contribution in [0.2, 0.25) is 0 Å². The Morgan fingerprint density at radius 2 is 1.86 bits per heavy atom. The molecule has 0 spiro atoms. The number of ether oxygens (including phenoxy) is 3. The van der Waals surface area contributed by atoms with Crippen molar-refractivity contribution in [3.63, 3.8) is 0 Å². The van der Waals surface area contributed by atoms with Crippen molar-refractivity contribution in [1.82, 2.24) is 0 Å². The molecule has 0 heterocycles. The van der Waals surface area contributed by atoms with Crippen molar-refractivity contribution in [2.75, 3.05) is 25.6 Å². The van der Waals surface area contributed by atoms with E-state index in [1.165, 1.54) is 12.1 Å². The highest BCUT2D eigenvalue weighted by Crippen LogP contribution is 2.29. The molecule has 0 aliphatic heterocycles. The molecule has 2 aromatic carbocycles. The number of rotatable bonds is 9. The molecule has 2 rings (SSSR count). The molecule has 29 heavy (non-hydrogen) atoms. The van der Waals surface area contributed by atoms with Crippen LogP contribution in [0.15, 0.2) is 48.0 Å². The number of amides is 1. The molecular formula is C21H20N2O6. The van der Waals surface area contributed by atoms with Crippen molar-refractivity contribution in [2.45, 2.75) is 6.92 Å². The van der Waals surface area contributed by atoms with Gasteiger partial charge in [-0.25, -0.2) is 4.79 Å². The van der Waals surface area contributed by atoms with E-state index in [4.69, 9.17) is 19.3 Å². The molecule has 150 valence electrons. The van der Waals surface area contributed by atoms with E-state index in [0.717, 1.165) is 0 Å². The number of carbonyl (C=O) groups is 2. The number of aliphatic carboxylic acids is 1. The number of methoxy groups -OCH3 is 1. The molecule has 0 aliphatic rings. The predicted octanol–water partition coefficient (Wildman–Crippen LogP) is 3.10. The standard InChI is InChI=1S/C21H20N2O6/c1-3-28-19-11-14(4-9-18(19)29-13-20(24)25)10-15(12-22)21(26)23-16-5-7-17(27-2)8-6-16/h4-11H,3,13H2,1-2H3,(H,23,26)(H,24,25)/b15-10-. The number of hydrogen-bond donors (Lipinski definition) is 2. The fourth-order valence-corrected chi connectivity index (χ4v) is 2.33. The van der Waals surface area contributed by atoms with Crippen LogP contribution in [0.4, 0.5) is 5.69 Å². The zero-order valence-electron chi connectivity index (χ0n) is 16.0. The highest BCUT2D eigenvalue weighted by Gasteiger charge is 2.12. The zero-order valence-corrected chi connectivity index (χ0v) is 16.0. The van der Waals surface area contributed by atoms with Crippen molar-refractivity contribution in [1.29, 1.82) is 5.26 Å². The third-order valence-corrected chi connectivity index (χ3v) is 3.64. The lowest BCUT2D eigenvalue weighted by Gasteiger charge is -2.11. The lowest BCUT2D eigenvalue weighted by Crippen LogP contribution is -2.13. The third kappa shape index (κ3) is 6.29. The normalized spacial score (nSPS) is 10.6. The van der Waals surface area contributed by atoms with Crippen LogP contribution in [-0.2, 0) is 9.59 Å². The number of carboxylic acid groups (broad SMARTS) is 1. The number of benzene rings is 2. The summed E-state index contributed by atoms with van der Waals surface area (Å²) in [4.78, 5) is 23.1. The Morgan fingerprint density at radius 1 is 1.14 bits per heavy atom. The SMILES string of the molecule is CCOc1cc(/C=C(/C#N)C(=O)Nc2ccc(OC)cc2)ccc1OCC(=O)O. The summed E-state index contributed by atoms with van der Waals surface area (Å²) in [6.45, 7) is 1.59. The van der Waals surface area contributed by atoms with Crippen LogP contribution < -0.4 is 19.5 Å². The predicted molar refractivity (Wildman–Crippen MR) is 106 cm³/mol. The van der Waals surface area contributed by atoms with Crippen molar-refractivity contribution in [3.8, 4) is 23.3 Å². The molecule has 0 radical (unpaired) electrons. The number of nitrogens with zero attached hydrogens (tertiary/aromatic N) is 1. The minimum atomic E-state index is -1.11. The Labute approximate surface area is 167 Å². The smallest absolute Gasteiger partial charge is 0.341 e. The van der Waals surface area contributed by atoms with Crippen molar-refractivity contribution in [2.24, 2.45) is 0 Å². The van der Waals surface area contributed by atoms with E-state index in [2.05, 4.69) is 5.32 Å². The average molecular weight is 396 g/mol. The monoisotopic (exact) mass is 396 g/mol. The number of carboxylic acids is 1. The van der Waals surface area contributed by atoms with E-state index >= 15 is 0 Å². The summed E-state index contributed by atoms with van der Waals surface area (Å²) in [5, 5.41) is 20.8. The van der Waals surface area contributed by atoms with Crippen LogP contribution in [0.1, 0.15) is 12.5 Å². The molecule has 0 bridgehead atoms. The van der Waals surface area contributed by atoms with E-state index in [-0.39, 0.29) is 11.3 Å². The molecular weight excluding hydrogens is 376 g/mol. The molecule has 0 unspecified atom stereocenters. The first-order valence-electron chi connectivity index (χ1n) is 8.65. The van der Waals surface area contributed by atoms with E-state index in [1.807, 2.05) is 6.07 Å². The first-order valence-corrected chi connectivity index (χ1v) is 8.65. The number of carbonyl (C=O) groups excluding carboxylic acids is 1. The van der Waals surface area contributed by atoms with Gasteiger partial charge in [-0.15, -0.1) is 0 Å². The summed E-state index contributed by atoms with van der Waals surface area (Å²) < 4.78 is 15.7. The van der Waals surface area contributed by atoms with Crippen LogP contribution >= 0.6 is 0 Å². The number of hydrogen-bond acceptors (Lipinski definition) is 6. The van der Waals surface area contributed by atoms with E-state index in [0.29, 0.717) is 29.4 Å². The van der Waals surface area contributed by atoms with Gasteiger partial charge in [0, 0.05) is 5.69 Å². The van der Waals surface area contributed by atoms with Gasteiger partial charge in [0.15, 0.2) is 18.1 Å². The van der Waals surface area contributed by atoms with Crippen LogP contribution in [0.3, 0.4) is 0 Å². The Hall–Kier alpha value is -3.99. The topological polar surface area (TPSA) is 118 Å². The molecule has 0 atom stereocenters. The first-order chi connectivity index (χ1) is 14.0. The van der Waals surface area contributed by atoms with Gasteiger partial charge in [-0.3, -0.25) is 4.79 Å². The average Bonchev–Trinajstić information content (AvgIpc) is 2.72. The van der Waals surface area contributed by atoms with Gasteiger partial charge in [-0.2, -0.15) is 5.26 Å². The van der Waals surface area contributed by atoms with E-state index in [1.54, 1.807) is 50.4 Å². The van der Waals surface area contributed by atoms with Crippen molar-refractivity contribution >= 4 is 23.6 Å². The van der Waals surface area contributed by atoms with Gasteiger partial charge in [-0.1, -0.05) is 6.07 Å². The zero-order chi connectivity index (χ0) is 21.2. The molecule has 2 N–H and O–H groups in total. The Kier molecular flexibility index (Phi) is 7.62. The molecule has 1 amide bonds. The summed E-state index contributed by atoms with van der Waals surface area (Å²) in [5.74, 6) is -0.462. The van der Waals surface area contributed by atoms with Gasteiger partial charge in [0.25, 0.3) is 5.91 Å². The molecule has 8 heteroatoms. The second-order valence-electron chi connectivity index (χ2n) is 5.67. The molecule has 2 aromatic rings. The minimum Gasteiger partial charge on any atom is -0.497 e. The molecule has 0 fully saturated rings. The van der Waals surface area contributed by atoms with Gasteiger partial charge in [0.1, 0.15) is 17.4 Å². The highest BCUT2D eigenvalue weighted by atomic mass is 16.5. The molecule has 0 aromatic heterocycles. The van der Waals surface area contributed by atoms with Crippen LogP contribution in [0, 0.1) is 11.3 Å². The highest BCUT2D eigenvalue weighted by molar-refractivity contribution is 6.09. The summed E-state index contributed by atoms with van der Waals surface area (Å²) >= 11 is 0. The van der Waals surface area contributed by atoms with Crippen molar-refractivity contribution < 1.29 is 28.9 Å². The largest absolute Gasteiger partial charge is 0.497 e. The molecule has 0 saturated heterocycles. The van der Waals surface area contributed by atoms with Gasteiger partial charge >= 0.3 is 5.97 Å². The van der Waals surface area contributed by atoms with Gasteiger partial charge in [0.05, 0.1) is 13.7 Å². The Morgan fingerprint density at radius 3 is 2.45 bits per heavy atom. The molecule has 8 nitrogen and oxygen atoms in total. The van der Waals surface area contributed by atoms with Gasteiger partial charge in [-0.05, 0) is 55.0 Å². The maximum atomic E-state index is 12.4. The Bertz CT molecular complexity index is 945. The quantitative estimate of drug-likeness (QED) is 0.494. The summed E-state index contributed by atoms with van der Waals surface area (Å²) in [6, 6.07) is 13.3. The second-order valence-corrected chi connectivity index (χ2v) is 5.67.